The molecule has 3 aromatic rings. The van der Waals surface area contributed by atoms with E-state index in [2.05, 4.69) is 44.6 Å². The van der Waals surface area contributed by atoms with Crippen molar-refractivity contribution in [2.75, 3.05) is 29.9 Å². The molecule has 1 saturated heterocycles. The molecule has 0 spiro atoms. The minimum atomic E-state index is 0.0938. The SMILES string of the molecule is Cc1ccc(NC2CCC(Oc3cc(N4CCO[C@H](C)C4)cn4ncc(C#N)c34)CC2)nn1. The molecule has 0 aromatic carbocycles. The van der Waals surface area contributed by atoms with Crippen LogP contribution < -0.4 is 15.0 Å². The second-order valence-electron chi connectivity index (χ2n) is 8.95. The van der Waals surface area contributed by atoms with E-state index in [0.29, 0.717) is 18.2 Å². The zero-order chi connectivity index (χ0) is 22.8. The van der Waals surface area contributed by atoms with E-state index in [-0.39, 0.29) is 12.2 Å². The fourth-order valence-corrected chi connectivity index (χ4v) is 4.66. The number of rotatable bonds is 5. The summed E-state index contributed by atoms with van der Waals surface area (Å²) in [7, 11) is 0. The Balaban J connectivity index is 1.31. The molecule has 9 nitrogen and oxygen atoms in total. The maximum atomic E-state index is 9.59. The van der Waals surface area contributed by atoms with Crippen LogP contribution in [0.5, 0.6) is 5.75 Å². The van der Waals surface area contributed by atoms with Gasteiger partial charge in [0.15, 0.2) is 0 Å². The van der Waals surface area contributed by atoms with Gasteiger partial charge in [0, 0.05) is 25.2 Å². The number of anilines is 2. The Kier molecular flexibility index (Phi) is 6.01. The summed E-state index contributed by atoms with van der Waals surface area (Å²) in [6.07, 6.45) is 7.68. The first-order chi connectivity index (χ1) is 16.1. The van der Waals surface area contributed by atoms with Gasteiger partial charge in [-0.3, -0.25) is 0 Å². The van der Waals surface area contributed by atoms with Gasteiger partial charge in [0.2, 0.25) is 0 Å². The summed E-state index contributed by atoms with van der Waals surface area (Å²) in [6.45, 7) is 6.35. The van der Waals surface area contributed by atoms with E-state index in [4.69, 9.17) is 9.47 Å². The van der Waals surface area contributed by atoms with Crippen LogP contribution in [0.15, 0.2) is 30.6 Å². The van der Waals surface area contributed by atoms with Gasteiger partial charge in [0.25, 0.3) is 0 Å². The quantitative estimate of drug-likeness (QED) is 0.636. The molecule has 2 fully saturated rings. The van der Waals surface area contributed by atoms with Crippen molar-refractivity contribution < 1.29 is 9.47 Å². The Bertz CT molecular complexity index is 1150. The van der Waals surface area contributed by atoms with Crippen LogP contribution in [-0.2, 0) is 4.74 Å². The number of morpholine rings is 1. The van der Waals surface area contributed by atoms with Crippen LogP contribution in [0, 0.1) is 18.3 Å². The van der Waals surface area contributed by atoms with Crippen LogP contribution in [0.25, 0.3) is 5.52 Å². The minimum absolute atomic E-state index is 0.0938. The highest BCUT2D eigenvalue weighted by Crippen LogP contribution is 2.33. The number of nitriles is 1. The molecule has 4 heterocycles. The molecular weight excluding hydrogens is 418 g/mol. The Morgan fingerprint density at radius 2 is 2.06 bits per heavy atom. The zero-order valence-corrected chi connectivity index (χ0v) is 19.1. The third-order valence-corrected chi connectivity index (χ3v) is 6.41. The third kappa shape index (κ3) is 4.71. The van der Waals surface area contributed by atoms with Gasteiger partial charge in [-0.15, -0.1) is 5.10 Å². The fourth-order valence-electron chi connectivity index (χ4n) is 4.66. The molecule has 1 aliphatic carbocycles. The topological polar surface area (TPSA) is 101 Å². The number of hydrogen-bond acceptors (Lipinski definition) is 8. The van der Waals surface area contributed by atoms with Crippen LogP contribution in [0.3, 0.4) is 0 Å². The highest BCUT2D eigenvalue weighted by molar-refractivity contribution is 5.72. The summed E-state index contributed by atoms with van der Waals surface area (Å²) in [5.41, 5.74) is 3.21. The largest absolute Gasteiger partial charge is 0.488 e. The van der Waals surface area contributed by atoms with E-state index in [1.165, 1.54) is 0 Å². The predicted octanol–water partition coefficient (Wildman–Crippen LogP) is 3.33. The third-order valence-electron chi connectivity index (χ3n) is 6.41. The average molecular weight is 448 g/mol. The molecule has 2 aliphatic rings. The van der Waals surface area contributed by atoms with Gasteiger partial charge >= 0.3 is 0 Å². The normalized spacial score (nSPS) is 23.3. The Hall–Kier alpha value is -3.38. The van der Waals surface area contributed by atoms with Crippen LogP contribution in [0.4, 0.5) is 11.5 Å². The van der Waals surface area contributed by atoms with Crippen LogP contribution in [0.2, 0.25) is 0 Å². The zero-order valence-electron chi connectivity index (χ0n) is 19.1. The lowest BCUT2D eigenvalue weighted by Crippen LogP contribution is -2.41. The van der Waals surface area contributed by atoms with Crippen molar-refractivity contribution in [2.45, 2.75) is 57.8 Å². The molecule has 1 N–H and O–H groups in total. The molecule has 1 atom stereocenters. The van der Waals surface area contributed by atoms with Crippen molar-refractivity contribution in [1.82, 2.24) is 19.8 Å². The summed E-state index contributed by atoms with van der Waals surface area (Å²) >= 11 is 0. The maximum Gasteiger partial charge on any atom is 0.148 e. The van der Waals surface area contributed by atoms with Gasteiger partial charge in [-0.05, 0) is 51.7 Å². The number of aryl methyl sites for hydroxylation is 1. The number of aromatic nitrogens is 4. The molecular formula is C24H29N7O2. The summed E-state index contributed by atoms with van der Waals surface area (Å²) in [5, 5.41) is 25.8. The van der Waals surface area contributed by atoms with E-state index in [0.717, 1.165) is 67.2 Å². The monoisotopic (exact) mass is 447 g/mol. The minimum Gasteiger partial charge on any atom is -0.488 e. The first-order valence-electron chi connectivity index (χ1n) is 11.6. The van der Waals surface area contributed by atoms with Crippen molar-refractivity contribution in [1.29, 1.82) is 5.26 Å². The van der Waals surface area contributed by atoms with Gasteiger partial charge < -0.3 is 19.7 Å². The lowest BCUT2D eigenvalue weighted by atomic mass is 9.93. The first kappa shape index (κ1) is 21.5. The fraction of sp³-hybridized carbons (Fsp3) is 0.500. The molecule has 0 radical (unpaired) electrons. The van der Waals surface area contributed by atoms with Gasteiger partial charge in [0.05, 0.1) is 42.6 Å². The molecule has 0 amide bonds. The Morgan fingerprint density at radius 1 is 1.21 bits per heavy atom. The smallest absolute Gasteiger partial charge is 0.148 e. The molecule has 1 saturated carbocycles. The molecule has 33 heavy (non-hydrogen) atoms. The van der Waals surface area contributed by atoms with Crippen LogP contribution in [-0.4, -0.2) is 57.8 Å². The molecule has 0 unspecified atom stereocenters. The lowest BCUT2D eigenvalue weighted by Gasteiger charge is -2.33. The maximum absolute atomic E-state index is 9.59. The number of pyridine rings is 1. The van der Waals surface area contributed by atoms with Crippen molar-refractivity contribution in [3.8, 4) is 11.8 Å². The Morgan fingerprint density at radius 3 is 2.79 bits per heavy atom. The molecule has 172 valence electrons. The number of ether oxygens (including phenoxy) is 2. The summed E-state index contributed by atoms with van der Waals surface area (Å²) in [4.78, 5) is 2.29. The van der Waals surface area contributed by atoms with E-state index in [1.54, 1.807) is 10.7 Å². The molecule has 3 aromatic heterocycles. The molecule has 9 heteroatoms. The number of nitrogens with one attached hydrogen (secondary N) is 1. The average Bonchev–Trinajstić information content (AvgIpc) is 3.25. The van der Waals surface area contributed by atoms with Gasteiger partial charge in [-0.25, -0.2) is 4.52 Å². The standard InChI is InChI=1S/C24H29N7O2/c1-16-3-8-23(29-28-16)27-19-4-6-21(7-5-19)33-22-11-20(30-9-10-32-17(2)14-30)15-31-24(22)18(12-25)13-26-31/h3,8,11,13,15,17,19,21H,4-7,9-10,14H2,1-2H3,(H,27,29)/t17-,19?,21?/m1/s1. The first-order valence-corrected chi connectivity index (χ1v) is 11.6. The number of hydrogen-bond donors (Lipinski definition) is 1. The van der Waals surface area contributed by atoms with Crippen molar-refractivity contribution in [3.05, 3.63) is 41.9 Å². The van der Waals surface area contributed by atoms with Crippen LogP contribution >= 0.6 is 0 Å². The van der Waals surface area contributed by atoms with Crippen molar-refractivity contribution >= 4 is 17.0 Å². The van der Waals surface area contributed by atoms with E-state index in [9.17, 15) is 5.26 Å². The van der Waals surface area contributed by atoms with Gasteiger partial charge in [-0.2, -0.15) is 15.5 Å². The summed E-state index contributed by atoms with van der Waals surface area (Å²) in [6, 6.07) is 8.61. The molecule has 1 aliphatic heterocycles. The van der Waals surface area contributed by atoms with Crippen molar-refractivity contribution in [2.24, 2.45) is 0 Å². The van der Waals surface area contributed by atoms with E-state index < -0.39 is 0 Å². The number of nitrogens with zero attached hydrogens (tertiary/aromatic N) is 6. The second-order valence-corrected chi connectivity index (χ2v) is 8.95. The van der Waals surface area contributed by atoms with E-state index in [1.807, 2.05) is 25.3 Å². The number of fused-ring (bicyclic) bond motifs is 1. The Labute approximate surface area is 193 Å². The van der Waals surface area contributed by atoms with Crippen molar-refractivity contribution in [3.63, 3.8) is 0 Å². The summed E-state index contributed by atoms with van der Waals surface area (Å²) in [5.74, 6) is 1.54. The molecule has 0 bridgehead atoms. The summed E-state index contributed by atoms with van der Waals surface area (Å²) < 4.78 is 14.0. The van der Waals surface area contributed by atoms with Gasteiger partial charge in [-0.1, -0.05) is 0 Å². The molecule has 5 rings (SSSR count). The van der Waals surface area contributed by atoms with Gasteiger partial charge in [0.1, 0.15) is 28.7 Å². The van der Waals surface area contributed by atoms with E-state index >= 15 is 0 Å². The van der Waals surface area contributed by atoms with Crippen LogP contribution in [0.1, 0.15) is 43.9 Å². The second kappa shape index (κ2) is 9.24. The predicted molar refractivity (Wildman–Crippen MR) is 125 cm³/mol. The lowest BCUT2D eigenvalue weighted by molar-refractivity contribution is 0.0531. The highest BCUT2D eigenvalue weighted by atomic mass is 16.5. The highest BCUT2D eigenvalue weighted by Gasteiger charge is 2.25.